The smallest absolute Gasteiger partial charge is 0.111 e. The maximum Gasteiger partial charge on any atom is 0.111 e. The summed E-state index contributed by atoms with van der Waals surface area (Å²) >= 11 is 0. The molecule has 0 radical (unpaired) electrons. The summed E-state index contributed by atoms with van der Waals surface area (Å²) in [7, 11) is 0. The van der Waals surface area contributed by atoms with Crippen molar-refractivity contribution >= 4 is 0 Å². The van der Waals surface area contributed by atoms with Crippen molar-refractivity contribution in [2.75, 3.05) is 13.2 Å². The van der Waals surface area contributed by atoms with Crippen molar-refractivity contribution < 1.29 is 4.74 Å². The normalized spacial score (nSPS) is 28.2. The summed E-state index contributed by atoms with van der Waals surface area (Å²) in [6.07, 6.45) is 3.02. The molecule has 2 nitrogen and oxygen atoms in total. The van der Waals surface area contributed by atoms with Gasteiger partial charge < -0.3 is 4.74 Å². The molecule has 0 aromatic heterocycles. The number of hydrogen-bond donors (Lipinski definition) is 1. The molecule has 1 fully saturated rings. The Bertz CT molecular complexity index is 76.6. The lowest BCUT2D eigenvalue weighted by Gasteiger charge is -2.03. The van der Waals surface area contributed by atoms with Gasteiger partial charge in [-0.1, -0.05) is 6.08 Å². The van der Waals surface area contributed by atoms with Gasteiger partial charge in [-0.3, -0.25) is 5.32 Å². The number of ether oxygens (including phenoxy) is 1. The van der Waals surface area contributed by atoms with Gasteiger partial charge in [0.1, 0.15) is 6.23 Å². The molecule has 1 heterocycles. The quantitative estimate of drug-likeness (QED) is 0.527. The first kappa shape index (κ1) is 5.79. The summed E-state index contributed by atoms with van der Waals surface area (Å²) in [5.41, 5.74) is 0. The summed E-state index contributed by atoms with van der Waals surface area (Å²) in [5, 5.41) is 3.16. The van der Waals surface area contributed by atoms with Gasteiger partial charge in [0.2, 0.25) is 0 Å². The van der Waals surface area contributed by atoms with Gasteiger partial charge in [-0.25, -0.2) is 0 Å². The van der Waals surface area contributed by atoms with E-state index in [4.69, 9.17) is 4.74 Å². The molecule has 2 heteroatoms. The molecule has 0 aromatic rings. The lowest BCUT2D eigenvalue weighted by Crippen LogP contribution is -2.21. The highest BCUT2D eigenvalue weighted by atomic mass is 16.5. The molecular weight excluding hydrogens is 102 g/mol. The number of rotatable bonds is 2. The Morgan fingerprint density at radius 1 is 1.88 bits per heavy atom. The second-order valence-corrected chi connectivity index (χ2v) is 1.84. The Hall–Kier alpha value is -0.340. The Labute approximate surface area is 49.5 Å². The van der Waals surface area contributed by atoms with Crippen LogP contribution in [0.2, 0.25) is 0 Å². The van der Waals surface area contributed by atoms with E-state index in [9.17, 15) is 0 Å². The number of hydrogen-bond acceptors (Lipinski definition) is 2. The van der Waals surface area contributed by atoms with Gasteiger partial charge in [0.25, 0.3) is 0 Å². The molecular formula is C6H11NO. The topological polar surface area (TPSA) is 21.3 Å². The minimum absolute atomic E-state index is 0.243. The molecule has 1 unspecified atom stereocenters. The molecule has 0 bridgehead atoms. The van der Waals surface area contributed by atoms with Gasteiger partial charge in [-0.2, -0.15) is 0 Å². The Kier molecular flexibility index (Phi) is 2.06. The predicted octanol–water partition coefficient (Wildman–Crippen LogP) is 0.508. The SMILES string of the molecule is C=CCC1NCCO1. The fourth-order valence-electron chi connectivity index (χ4n) is 0.783. The molecule has 46 valence electrons. The highest BCUT2D eigenvalue weighted by molar-refractivity contribution is 4.74. The highest BCUT2D eigenvalue weighted by Gasteiger charge is 2.10. The van der Waals surface area contributed by atoms with Gasteiger partial charge in [0, 0.05) is 13.0 Å². The van der Waals surface area contributed by atoms with Crippen LogP contribution < -0.4 is 5.32 Å². The van der Waals surface area contributed by atoms with Crippen LogP contribution in [0.15, 0.2) is 12.7 Å². The molecule has 8 heavy (non-hydrogen) atoms. The third-order valence-electron chi connectivity index (χ3n) is 1.17. The lowest BCUT2D eigenvalue weighted by atomic mass is 10.4. The third kappa shape index (κ3) is 1.32. The molecule has 1 aliphatic rings. The van der Waals surface area contributed by atoms with Crippen molar-refractivity contribution in [1.82, 2.24) is 5.32 Å². The minimum atomic E-state index is 0.243. The van der Waals surface area contributed by atoms with Crippen molar-refractivity contribution in [2.24, 2.45) is 0 Å². The summed E-state index contributed by atoms with van der Waals surface area (Å²) in [6.45, 7) is 5.43. The lowest BCUT2D eigenvalue weighted by molar-refractivity contribution is 0.104. The van der Waals surface area contributed by atoms with Crippen molar-refractivity contribution in [3.63, 3.8) is 0 Å². The zero-order valence-corrected chi connectivity index (χ0v) is 4.89. The molecule has 0 saturated carbocycles. The average molecular weight is 113 g/mol. The fraction of sp³-hybridized carbons (Fsp3) is 0.667. The molecule has 1 saturated heterocycles. The number of nitrogens with one attached hydrogen (secondary N) is 1. The van der Waals surface area contributed by atoms with Gasteiger partial charge in [-0.15, -0.1) is 6.58 Å². The van der Waals surface area contributed by atoms with Crippen molar-refractivity contribution in [3.05, 3.63) is 12.7 Å². The Morgan fingerprint density at radius 3 is 3.25 bits per heavy atom. The minimum Gasteiger partial charge on any atom is -0.362 e. The van der Waals surface area contributed by atoms with Crippen LogP contribution >= 0.6 is 0 Å². The summed E-state index contributed by atoms with van der Waals surface area (Å²) < 4.78 is 5.21. The van der Waals surface area contributed by atoms with E-state index in [1.807, 2.05) is 6.08 Å². The van der Waals surface area contributed by atoms with Crippen LogP contribution in [0.5, 0.6) is 0 Å². The van der Waals surface area contributed by atoms with E-state index in [1.54, 1.807) is 0 Å². The van der Waals surface area contributed by atoms with Gasteiger partial charge in [0.05, 0.1) is 6.61 Å². The highest BCUT2D eigenvalue weighted by Crippen LogP contribution is 1.99. The average Bonchev–Trinajstić information content (AvgIpc) is 2.19. The summed E-state index contributed by atoms with van der Waals surface area (Å²) in [5.74, 6) is 0. The van der Waals surface area contributed by atoms with E-state index < -0.39 is 0 Å². The van der Waals surface area contributed by atoms with E-state index in [2.05, 4.69) is 11.9 Å². The largest absolute Gasteiger partial charge is 0.362 e. The van der Waals surface area contributed by atoms with Crippen LogP contribution in [0.1, 0.15) is 6.42 Å². The van der Waals surface area contributed by atoms with E-state index in [0.717, 1.165) is 19.6 Å². The Balaban J connectivity index is 2.14. The zero-order chi connectivity index (χ0) is 5.82. The molecule has 1 N–H and O–H groups in total. The monoisotopic (exact) mass is 113 g/mol. The van der Waals surface area contributed by atoms with Crippen LogP contribution in [-0.4, -0.2) is 19.4 Å². The second kappa shape index (κ2) is 2.84. The maximum absolute atomic E-state index is 5.21. The second-order valence-electron chi connectivity index (χ2n) is 1.84. The van der Waals surface area contributed by atoms with Crippen LogP contribution in [0.25, 0.3) is 0 Å². The Morgan fingerprint density at radius 2 is 2.75 bits per heavy atom. The van der Waals surface area contributed by atoms with Crippen LogP contribution in [0, 0.1) is 0 Å². The molecule has 0 aliphatic carbocycles. The molecule has 0 spiro atoms. The van der Waals surface area contributed by atoms with Gasteiger partial charge in [0.15, 0.2) is 0 Å². The van der Waals surface area contributed by atoms with Crippen LogP contribution in [0.3, 0.4) is 0 Å². The zero-order valence-electron chi connectivity index (χ0n) is 4.89. The van der Waals surface area contributed by atoms with Crippen LogP contribution in [0.4, 0.5) is 0 Å². The molecule has 1 atom stereocenters. The molecule has 1 rings (SSSR count). The van der Waals surface area contributed by atoms with Crippen molar-refractivity contribution in [2.45, 2.75) is 12.6 Å². The first-order valence-corrected chi connectivity index (χ1v) is 2.89. The standard InChI is InChI=1S/C6H11NO/c1-2-3-6-7-4-5-8-6/h2,6-7H,1,3-5H2. The van der Waals surface area contributed by atoms with Crippen molar-refractivity contribution in [1.29, 1.82) is 0 Å². The molecule has 0 aromatic carbocycles. The predicted molar refractivity (Wildman–Crippen MR) is 32.6 cm³/mol. The van der Waals surface area contributed by atoms with Crippen molar-refractivity contribution in [3.8, 4) is 0 Å². The molecule has 1 aliphatic heterocycles. The molecule has 0 amide bonds. The summed E-state index contributed by atoms with van der Waals surface area (Å²) in [4.78, 5) is 0. The van der Waals surface area contributed by atoms with E-state index in [0.29, 0.717) is 0 Å². The summed E-state index contributed by atoms with van der Waals surface area (Å²) in [6, 6.07) is 0. The first-order chi connectivity index (χ1) is 3.93. The van der Waals surface area contributed by atoms with E-state index >= 15 is 0 Å². The van der Waals surface area contributed by atoms with E-state index in [-0.39, 0.29) is 6.23 Å². The first-order valence-electron chi connectivity index (χ1n) is 2.89. The van der Waals surface area contributed by atoms with Gasteiger partial charge in [-0.05, 0) is 0 Å². The van der Waals surface area contributed by atoms with Crippen LogP contribution in [-0.2, 0) is 4.74 Å². The fourth-order valence-corrected chi connectivity index (χ4v) is 0.783. The third-order valence-corrected chi connectivity index (χ3v) is 1.17. The van der Waals surface area contributed by atoms with Gasteiger partial charge >= 0.3 is 0 Å². The maximum atomic E-state index is 5.21. The van der Waals surface area contributed by atoms with E-state index in [1.165, 1.54) is 0 Å².